The number of rotatable bonds is 3. The summed E-state index contributed by atoms with van der Waals surface area (Å²) in [6.45, 7) is 0. The second-order valence-electron chi connectivity index (χ2n) is 5.80. The Balaban J connectivity index is 2.55. The highest BCUT2D eigenvalue weighted by atomic mass is 32.2. The molecular weight excluding hydrogens is 454 g/mol. The highest BCUT2D eigenvalue weighted by molar-refractivity contribution is 7.86. The van der Waals surface area contributed by atoms with E-state index in [1.807, 2.05) is 0 Å². The van der Waals surface area contributed by atoms with Crippen LogP contribution < -0.4 is 5.73 Å². The van der Waals surface area contributed by atoms with E-state index in [0.29, 0.717) is 18.2 Å². The maximum atomic E-state index is 12.9. The second kappa shape index (κ2) is 6.15. The second-order valence-corrected chi connectivity index (χ2v) is 9.97. The summed E-state index contributed by atoms with van der Waals surface area (Å²) in [6, 6.07) is 2.41. The van der Waals surface area contributed by atoms with Crippen molar-refractivity contribution in [3.05, 3.63) is 46.5 Å². The summed E-state index contributed by atoms with van der Waals surface area (Å²) in [5.41, 5.74) is 1.10. The average molecular weight is 463 g/mol. The minimum absolute atomic E-state index is 0.469. The van der Waals surface area contributed by atoms with Gasteiger partial charge in [-0.1, -0.05) is 0 Å². The molecule has 0 atom stereocenters. The molecule has 29 heavy (non-hydrogen) atoms. The summed E-state index contributed by atoms with van der Waals surface area (Å²) in [4.78, 5) is 22.5. The van der Waals surface area contributed by atoms with Crippen LogP contribution in [0.2, 0.25) is 0 Å². The molecule has 0 amide bonds. The zero-order valence-corrected chi connectivity index (χ0v) is 16.2. The largest absolute Gasteiger partial charge is 0.397 e. The van der Waals surface area contributed by atoms with Gasteiger partial charge >= 0.3 is 0 Å². The lowest BCUT2D eigenvalue weighted by molar-refractivity contribution is 0.0974. The number of carbonyl (C=O) groups is 2. The van der Waals surface area contributed by atoms with Crippen LogP contribution in [-0.2, 0) is 30.4 Å². The van der Waals surface area contributed by atoms with Crippen molar-refractivity contribution in [3.63, 3.8) is 0 Å². The van der Waals surface area contributed by atoms with E-state index in [-0.39, 0.29) is 0 Å². The fourth-order valence-corrected chi connectivity index (χ4v) is 4.97. The van der Waals surface area contributed by atoms with Gasteiger partial charge in [0.25, 0.3) is 30.4 Å². The molecule has 1 aliphatic rings. The molecule has 1 aliphatic carbocycles. The fourth-order valence-electron chi connectivity index (χ4n) is 2.96. The minimum atomic E-state index is -5.17. The van der Waals surface area contributed by atoms with Gasteiger partial charge in [-0.25, -0.2) is 0 Å². The average Bonchev–Trinajstić information content (AvgIpc) is 2.55. The van der Waals surface area contributed by atoms with E-state index in [1.165, 1.54) is 0 Å². The number of carbonyl (C=O) groups excluding carboxylic acids is 2. The lowest BCUT2D eigenvalue weighted by atomic mass is 9.83. The molecule has 0 radical (unpaired) electrons. The van der Waals surface area contributed by atoms with Crippen LogP contribution in [0.3, 0.4) is 0 Å². The molecule has 0 bridgehead atoms. The molecule has 154 valence electrons. The number of hydrogen-bond donors (Lipinski definition) is 4. The van der Waals surface area contributed by atoms with Gasteiger partial charge in [0, 0.05) is 5.56 Å². The van der Waals surface area contributed by atoms with Crippen LogP contribution in [0, 0.1) is 0 Å². The van der Waals surface area contributed by atoms with Gasteiger partial charge in [-0.3, -0.25) is 23.2 Å². The molecule has 15 heteroatoms. The number of nitrogen functional groups attached to an aromatic ring is 1. The fraction of sp³-hybridized carbons (Fsp3) is 0. The molecule has 0 heterocycles. The summed E-state index contributed by atoms with van der Waals surface area (Å²) in [5.74, 6) is -2.71. The normalized spacial score (nSPS) is 14.4. The van der Waals surface area contributed by atoms with Gasteiger partial charge in [-0.15, -0.1) is 0 Å². The third-order valence-corrected chi connectivity index (χ3v) is 6.80. The topological polar surface area (TPSA) is 223 Å². The van der Waals surface area contributed by atoms with Crippen molar-refractivity contribution in [1.29, 1.82) is 0 Å². The van der Waals surface area contributed by atoms with E-state index in [2.05, 4.69) is 0 Å². The first kappa shape index (κ1) is 21.0. The Morgan fingerprint density at radius 2 is 0.966 bits per heavy atom. The summed E-state index contributed by atoms with van der Waals surface area (Å²) in [5, 5.41) is 0. The molecule has 0 saturated heterocycles. The first-order valence-electron chi connectivity index (χ1n) is 7.18. The van der Waals surface area contributed by atoms with Crippen molar-refractivity contribution in [3.8, 4) is 0 Å². The van der Waals surface area contributed by atoms with Crippen LogP contribution in [-0.4, -0.2) is 50.5 Å². The number of nitrogens with two attached hydrogens (primary N) is 1. The lowest BCUT2D eigenvalue weighted by Crippen LogP contribution is -2.28. The summed E-state index contributed by atoms with van der Waals surface area (Å²) < 4.78 is 97.3. The van der Waals surface area contributed by atoms with Gasteiger partial charge in [0.15, 0.2) is 11.6 Å². The van der Waals surface area contributed by atoms with Gasteiger partial charge in [-0.05, 0) is 24.3 Å². The van der Waals surface area contributed by atoms with E-state index in [0.717, 1.165) is 6.07 Å². The van der Waals surface area contributed by atoms with Crippen molar-refractivity contribution < 1.29 is 48.5 Å². The molecule has 0 spiro atoms. The smallest absolute Gasteiger partial charge is 0.296 e. The van der Waals surface area contributed by atoms with Crippen LogP contribution in [0.1, 0.15) is 31.8 Å². The molecule has 0 aliphatic heterocycles. The van der Waals surface area contributed by atoms with Gasteiger partial charge in [0.2, 0.25) is 0 Å². The zero-order chi connectivity index (χ0) is 22.1. The molecular formula is C14H9NO11S3. The van der Waals surface area contributed by atoms with Crippen molar-refractivity contribution in [2.24, 2.45) is 0 Å². The Kier molecular flexibility index (Phi) is 4.46. The molecule has 0 saturated carbocycles. The van der Waals surface area contributed by atoms with Crippen LogP contribution >= 0.6 is 0 Å². The lowest BCUT2D eigenvalue weighted by Gasteiger charge is -2.22. The van der Waals surface area contributed by atoms with Crippen LogP contribution in [0.4, 0.5) is 5.69 Å². The van der Waals surface area contributed by atoms with Gasteiger partial charge in [0.1, 0.15) is 14.7 Å². The van der Waals surface area contributed by atoms with Crippen LogP contribution in [0.15, 0.2) is 39.0 Å². The van der Waals surface area contributed by atoms with Crippen LogP contribution in [0.25, 0.3) is 0 Å². The predicted molar refractivity (Wildman–Crippen MR) is 93.6 cm³/mol. The Labute approximate surface area is 163 Å². The molecule has 2 aromatic carbocycles. The third kappa shape index (κ3) is 3.22. The number of benzene rings is 2. The Hall–Kier alpha value is -2.69. The summed E-state index contributed by atoms with van der Waals surface area (Å²) >= 11 is 0. The van der Waals surface area contributed by atoms with Crippen LogP contribution in [0.5, 0.6) is 0 Å². The number of fused-ring (bicyclic) bond motifs is 2. The zero-order valence-electron chi connectivity index (χ0n) is 13.7. The predicted octanol–water partition coefficient (Wildman–Crippen LogP) is -0.216. The third-order valence-electron chi connectivity index (χ3n) is 4.09. The molecule has 5 N–H and O–H groups in total. The van der Waals surface area contributed by atoms with Crippen molar-refractivity contribution in [1.82, 2.24) is 0 Å². The van der Waals surface area contributed by atoms with E-state index >= 15 is 0 Å². The van der Waals surface area contributed by atoms with Crippen molar-refractivity contribution in [2.75, 3.05) is 5.73 Å². The summed E-state index contributed by atoms with van der Waals surface area (Å²) in [6.07, 6.45) is 0. The van der Waals surface area contributed by atoms with E-state index in [4.69, 9.17) is 5.73 Å². The first-order valence-corrected chi connectivity index (χ1v) is 11.5. The van der Waals surface area contributed by atoms with E-state index in [9.17, 15) is 48.5 Å². The number of hydrogen-bond acceptors (Lipinski definition) is 9. The van der Waals surface area contributed by atoms with Gasteiger partial charge < -0.3 is 5.73 Å². The highest BCUT2D eigenvalue weighted by Crippen LogP contribution is 2.39. The Morgan fingerprint density at radius 3 is 1.38 bits per heavy atom. The van der Waals surface area contributed by atoms with Crippen molar-refractivity contribution in [2.45, 2.75) is 14.7 Å². The number of anilines is 1. The Morgan fingerprint density at radius 1 is 0.586 bits per heavy atom. The molecule has 12 nitrogen and oxygen atoms in total. The van der Waals surface area contributed by atoms with E-state index in [1.54, 1.807) is 0 Å². The molecule has 3 rings (SSSR count). The molecule has 0 aromatic heterocycles. The highest BCUT2D eigenvalue weighted by Gasteiger charge is 2.41. The minimum Gasteiger partial charge on any atom is -0.397 e. The summed E-state index contributed by atoms with van der Waals surface area (Å²) in [7, 11) is -15.2. The SMILES string of the molecule is Nc1c(S(=O)(=O)O)ccc2c1C(=O)c1c(S(=O)(=O)O)ccc(S(=O)(=O)O)c1C2=O. The van der Waals surface area contributed by atoms with Gasteiger partial charge in [0.05, 0.1) is 22.4 Å². The quantitative estimate of drug-likeness (QED) is 0.292. The number of ketones is 2. The van der Waals surface area contributed by atoms with Crippen molar-refractivity contribution >= 4 is 47.6 Å². The molecule has 0 unspecified atom stereocenters. The Bertz CT molecular complexity index is 1450. The molecule has 2 aromatic rings. The maximum absolute atomic E-state index is 12.9. The maximum Gasteiger partial charge on any atom is 0.296 e. The van der Waals surface area contributed by atoms with Gasteiger partial charge in [-0.2, -0.15) is 25.3 Å². The monoisotopic (exact) mass is 463 g/mol. The molecule has 0 fully saturated rings. The standard InChI is InChI=1S/C14H9NO11S3/c15-12-8(29(24,25)26)2-1-5-9(12)14(17)11-7(28(21,22)23)4-3-6(27(18,19)20)10(11)13(5)16/h1-4H,15H2,(H,18,19,20)(H,21,22,23)(H,24,25,26). The van der Waals surface area contributed by atoms with E-state index < -0.39 is 84.5 Å². The first-order chi connectivity index (χ1) is 13.1.